The Bertz CT molecular complexity index is 616. The molecule has 3 amide bonds. The summed E-state index contributed by atoms with van der Waals surface area (Å²) in [6.45, 7) is 5.77. The summed E-state index contributed by atoms with van der Waals surface area (Å²) in [5.41, 5.74) is 5.02. The Morgan fingerprint density at radius 2 is 1.85 bits per heavy atom. The summed E-state index contributed by atoms with van der Waals surface area (Å²) < 4.78 is 5.37. The van der Waals surface area contributed by atoms with E-state index >= 15 is 0 Å². The zero-order valence-corrected chi connectivity index (χ0v) is 15.1. The van der Waals surface area contributed by atoms with Crippen molar-refractivity contribution in [2.75, 3.05) is 13.2 Å². The van der Waals surface area contributed by atoms with Gasteiger partial charge >= 0.3 is 6.03 Å². The van der Waals surface area contributed by atoms with Gasteiger partial charge in [-0.15, -0.1) is 0 Å². The number of para-hydroxylation sites is 1. The van der Waals surface area contributed by atoms with E-state index in [1.54, 1.807) is 24.3 Å². The van der Waals surface area contributed by atoms with Gasteiger partial charge in [-0.25, -0.2) is 4.79 Å². The number of ketones is 1. The van der Waals surface area contributed by atoms with Crippen molar-refractivity contribution in [3.05, 3.63) is 42.5 Å². The Kier molecular flexibility index (Phi) is 9.53. The molecule has 0 aliphatic heterocycles. The summed E-state index contributed by atoms with van der Waals surface area (Å²) in [4.78, 5) is 35.8. The van der Waals surface area contributed by atoms with Gasteiger partial charge in [0.05, 0.1) is 0 Å². The fraction of sp³-hybridized carbons (Fsp3) is 0.421. The molecule has 0 aliphatic carbocycles. The number of nitrogens with one attached hydrogen (secondary N) is 2. The number of benzene rings is 1. The van der Waals surface area contributed by atoms with Crippen molar-refractivity contribution in [2.24, 2.45) is 5.73 Å². The number of Topliss-reactive ketones (excluding diaryl/α,β-unsaturated/α-hetero) is 1. The standard InChI is InChI=1S/C19H27N3O4/c1-3-4-5-9-12-21-19(25)22-17(14(2)18(20)24)16(23)13-26-15-10-7-6-8-11-15/h6-8,10-11,17H,2-5,9,12-13H2,1H3,(H2,20,24)(H2,21,22,25)/t17-/m1/s1. The Labute approximate surface area is 154 Å². The van der Waals surface area contributed by atoms with Gasteiger partial charge in [0.1, 0.15) is 18.4 Å². The molecule has 0 aromatic heterocycles. The number of hydrogen-bond acceptors (Lipinski definition) is 4. The minimum Gasteiger partial charge on any atom is -0.486 e. The van der Waals surface area contributed by atoms with Gasteiger partial charge in [-0.2, -0.15) is 0 Å². The van der Waals surface area contributed by atoms with Crippen LogP contribution in [0.5, 0.6) is 5.75 Å². The number of hydrogen-bond donors (Lipinski definition) is 3. The van der Waals surface area contributed by atoms with Crippen LogP contribution < -0.4 is 21.1 Å². The van der Waals surface area contributed by atoms with E-state index in [-0.39, 0.29) is 12.2 Å². The molecule has 4 N–H and O–H groups in total. The topological polar surface area (TPSA) is 111 Å². The van der Waals surface area contributed by atoms with Crippen LogP contribution in [0.25, 0.3) is 0 Å². The van der Waals surface area contributed by atoms with Gasteiger partial charge in [-0.1, -0.05) is 51.0 Å². The summed E-state index contributed by atoms with van der Waals surface area (Å²) >= 11 is 0. The molecule has 0 saturated carbocycles. The van der Waals surface area contributed by atoms with Gasteiger partial charge in [0.15, 0.2) is 5.78 Å². The van der Waals surface area contributed by atoms with Crippen molar-refractivity contribution in [3.8, 4) is 5.75 Å². The fourth-order valence-corrected chi connectivity index (χ4v) is 2.19. The van der Waals surface area contributed by atoms with Gasteiger partial charge in [0.25, 0.3) is 0 Å². The predicted molar refractivity (Wildman–Crippen MR) is 99.7 cm³/mol. The van der Waals surface area contributed by atoms with Crippen molar-refractivity contribution in [1.29, 1.82) is 0 Å². The maximum absolute atomic E-state index is 12.4. The van der Waals surface area contributed by atoms with Crippen LogP contribution in [0.15, 0.2) is 42.5 Å². The number of unbranched alkanes of at least 4 members (excludes halogenated alkanes) is 3. The van der Waals surface area contributed by atoms with E-state index < -0.39 is 23.8 Å². The minimum absolute atomic E-state index is 0.187. The fourth-order valence-electron chi connectivity index (χ4n) is 2.19. The van der Waals surface area contributed by atoms with Crippen molar-refractivity contribution in [2.45, 2.75) is 38.6 Å². The number of ether oxygens (including phenoxy) is 1. The third-order valence-corrected chi connectivity index (χ3v) is 3.70. The summed E-state index contributed by atoms with van der Waals surface area (Å²) in [6.07, 6.45) is 4.05. The molecule has 0 spiro atoms. The van der Waals surface area contributed by atoms with Crippen molar-refractivity contribution in [3.63, 3.8) is 0 Å². The van der Waals surface area contributed by atoms with Gasteiger partial charge in [0, 0.05) is 12.1 Å². The first-order valence-corrected chi connectivity index (χ1v) is 8.69. The molecule has 0 radical (unpaired) electrons. The molecule has 0 saturated heterocycles. The first-order chi connectivity index (χ1) is 12.5. The first-order valence-electron chi connectivity index (χ1n) is 8.69. The highest BCUT2D eigenvalue weighted by molar-refractivity contribution is 6.03. The van der Waals surface area contributed by atoms with E-state index in [4.69, 9.17) is 10.5 Å². The second kappa shape index (κ2) is 11.7. The maximum Gasteiger partial charge on any atom is 0.315 e. The molecule has 0 aliphatic rings. The number of primary amides is 1. The lowest BCUT2D eigenvalue weighted by Gasteiger charge is -2.19. The summed E-state index contributed by atoms with van der Waals surface area (Å²) in [5, 5.41) is 5.10. The van der Waals surface area contributed by atoms with Crippen molar-refractivity contribution >= 4 is 17.7 Å². The van der Waals surface area contributed by atoms with E-state index in [0.717, 1.165) is 25.7 Å². The number of carbonyl (C=O) groups is 3. The molecule has 0 heterocycles. The zero-order chi connectivity index (χ0) is 19.4. The third kappa shape index (κ3) is 7.83. The average Bonchev–Trinajstić information content (AvgIpc) is 2.64. The molecular weight excluding hydrogens is 334 g/mol. The zero-order valence-electron chi connectivity index (χ0n) is 15.1. The normalized spacial score (nSPS) is 11.3. The molecule has 7 nitrogen and oxygen atoms in total. The third-order valence-electron chi connectivity index (χ3n) is 3.70. The molecule has 1 rings (SSSR count). The number of urea groups is 1. The Morgan fingerprint density at radius 1 is 1.15 bits per heavy atom. The highest BCUT2D eigenvalue weighted by Gasteiger charge is 2.27. The second-order valence-electron chi connectivity index (χ2n) is 5.85. The lowest BCUT2D eigenvalue weighted by molar-refractivity contribution is -0.124. The predicted octanol–water partition coefficient (Wildman–Crippen LogP) is 1.92. The summed E-state index contributed by atoms with van der Waals surface area (Å²) in [7, 11) is 0. The van der Waals surface area contributed by atoms with Crippen LogP contribution in [0, 0.1) is 0 Å². The Hall–Kier alpha value is -2.83. The number of amides is 3. The maximum atomic E-state index is 12.4. The lowest BCUT2D eigenvalue weighted by atomic mass is 10.0. The number of nitrogens with two attached hydrogens (primary N) is 1. The molecule has 0 fully saturated rings. The summed E-state index contributed by atoms with van der Waals surface area (Å²) in [6, 6.07) is 6.96. The molecule has 26 heavy (non-hydrogen) atoms. The van der Waals surface area contributed by atoms with E-state index in [2.05, 4.69) is 24.1 Å². The van der Waals surface area contributed by atoms with E-state index in [0.29, 0.717) is 12.3 Å². The van der Waals surface area contributed by atoms with E-state index in [1.165, 1.54) is 0 Å². The molecule has 0 unspecified atom stereocenters. The lowest BCUT2D eigenvalue weighted by Crippen LogP contribution is -2.50. The highest BCUT2D eigenvalue weighted by Crippen LogP contribution is 2.09. The van der Waals surface area contributed by atoms with Crippen LogP contribution in [-0.4, -0.2) is 36.9 Å². The van der Waals surface area contributed by atoms with Crippen molar-refractivity contribution in [1.82, 2.24) is 10.6 Å². The highest BCUT2D eigenvalue weighted by atomic mass is 16.5. The molecule has 7 heteroatoms. The number of carbonyl (C=O) groups excluding carboxylic acids is 3. The molecule has 142 valence electrons. The van der Waals surface area contributed by atoms with Crippen LogP contribution in [-0.2, 0) is 9.59 Å². The monoisotopic (exact) mass is 361 g/mol. The van der Waals surface area contributed by atoms with Crippen LogP contribution in [0.2, 0.25) is 0 Å². The van der Waals surface area contributed by atoms with Crippen LogP contribution in [0.4, 0.5) is 4.79 Å². The van der Waals surface area contributed by atoms with Crippen molar-refractivity contribution < 1.29 is 19.1 Å². The Balaban J connectivity index is 2.57. The summed E-state index contributed by atoms with van der Waals surface area (Å²) in [5.74, 6) is -0.866. The Morgan fingerprint density at radius 3 is 2.46 bits per heavy atom. The second-order valence-corrected chi connectivity index (χ2v) is 5.85. The number of rotatable bonds is 12. The molecule has 1 aromatic carbocycles. The minimum atomic E-state index is -1.23. The van der Waals surface area contributed by atoms with Gasteiger partial charge in [-0.05, 0) is 18.6 Å². The van der Waals surface area contributed by atoms with Crippen LogP contribution >= 0.6 is 0 Å². The average molecular weight is 361 g/mol. The van der Waals surface area contributed by atoms with E-state index in [1.807, 2.05) is 6.07 Å². The van der Waals surface area contributed by atoms with Gasteiger partial charge < -0.3 is 21.1 Å². The largest absolute Gasteiger partial charge is 0.486 e. The van der Waals surface area contributed by atoms with Crippen LogP contribution in [0.3, 0.4) is 0 Å². The molecule has 0 bridgehead atoms. The molecule has 1 aromatic rings. The SMILES string of the molecule is C=C(C(N)=O)[C@@H](NC(=O)NCCCCCC)C(=O)COc1ccccc1. The van der Waals surface area contributed by atoms with Crippen LogP contribution in [0.1, 0.15) is 32.6 Å². The quantitative estimate of drug-likeness (QED) is 0.390. The molecular formula is C19H27N3O4. The first kappa shape index (κ1) is 21.2. The smallest absolute Gasteiger partial charge is 0.315 e. The molecule has 1 atom stereocenters. The van der Waals surface area contributed by atoms with E-state index in [9.17, 15) is 14.4 Å². The van der Waals surface area contributed by atoms with Gasteiger partial charge in [-0.3, -0.25) is 9.59 Å². The van der Waals surface area contributed by atoms with Gasteiger partial charge in [0.2, 0.25) is 5.91 Å².